The molecule has 31 heavy (non-hydrogen) atoms. The van der Waals surface area contributed by atoms with Crippen LogP contribution in [0.25, 0.3) is 0 Å². The van der Waals surface area contributed by atoms with E-state index >= 15 is 0 Å². The number of aromatic nitrogens is 2. The SMILES string of the molecule is NS(=O)(=O)NC1(CCSc2nonc2C2=NOC(=C=O)N2c2ccc(F)c(Br)c2)CC1. The summed E-state index contributed by atoms with van der Waals surface area (Å²) in [6.45, 7) is 0. The van der Waals surface area contributed by atoms with E-state index in [1.54, 1.807) is 5.94 Å². The van der Waals surface area contributed by atoms with E-state index in [1.807, 2.05) is 0 Å². The Hall–Kier alpha value is -2.29. The fourth-order valence-corrected chi connectivity index (χ4v) is 5.27. The van der Waals surface area contributed by atoms with Crippen LogP contribution >= 0.6 is 27.7 Å². The van der Waals surface area contributed by atoms with Gasteiger partial charge in [0, 0.05) is 11.3 Å². The molecule has 0 atom stereocenters. The Bertz CT molecular complexity index is 1210. The number of halogens is 2. The summed E-state index contributed by atoms with van der Waals surface area (Å²) in [7, 11) is -3.80. The molecule has 3 N–H and O–H groups in total. The quantitative estimate of drug-likeness (QED) is 0.381. The van der Waals surface area contributed by atoms with Crippen LogP contribution in [0.4, 0.5) is 10.1 Å². The molecule has 1 aromatic carbocycles. The number of anilines is 1. The molecule has 2 aliphatic rings. The van der Waals surface area contributed by atoms with Gasteiger partial charge in [-0.1, -0.05) is 5.16 Å². The molecule has 164 valence electrons. The number of carbonyl (C=O) groups excluding carboxylic acids is 1. The van der Waals surface area contributed by atoms with E-state index < -0.39 is 21.6 Å². The van der Waals surface area contributed by atoms with Crippen LogP contribution in [0.15, 0.2) is 43.4 Å². The minimum absolute atomic E-state index is 0.101. The Morgan fingerprint density at radius 2 is 2.16 bits per heavy atom. The average Bonchev–Trinajstić information content (AvgIpc) is 3.12. The van der Waals surface area contributed by atoms with Crippen molar-refractivity contribution in [1.29, 1.82) is 0 Å². The van der Waals surface area contributed by atoms with Gasteiger partial charge in [0.25, 0.3) is 10.2 Å². The molecule has 2 aromatic rings. The lowest BCUT2D eigenvalue weighted by Crippen LogP contribution is -2.41. The van der Waals surface area contributed by atoms with Gasteiger partial charge in [-0.15, -0.1) is 11.8 Å². The molecule has 15 heteroatoms. The molecule has 1 fully saturated rings. The van der Waals surface area contributed by atoms with Crippen molar-refractivity contribution in [3.63, 3.8) is 0 Å². The summed E-state index contributed by atoms with van der Waals surface area (Å²) in [6, 6.07) is 4.08. The Balaban J connectivity index is 1.53. The molecule has 0 saturated heterocycles. The second kappa shape index (κ2) is 8.33. The molecule has 0 unspecified atom stereocenters. The van der Waals surface area contributed by atoms with Crippen molar-refractivity contribution in [1.82, 2.24) is 15.0 Å². The number of rotatable bonds is 8. The van der Waals surface area contributed by atoms with Crippen molar-refractivity contribution in [2.45, 2.75) is 29.8 Å². The van der Waals surface area contributed by atoms with Crippen molar-refractivity contribution < 1.29 is 27.1 Å². The van der Waals surface area contributed by atoms with Gasteiger partial charge in [-0.25, -0.2) is 23.9 Å². The first-order valence-corrected chi connectivity index (χ1v) is 12.1. The first-order chi connectivity index (χ1) is 14.7. The van der Waals surface area contributed by atoms with Crippen LogP contribution in [0.1, 0.15) is 25.0 Å². The second-order valence-electron chi connectivity index (χ2n) is 6.79. The molecular formula is C16H14BrFN6O5S2. The van der Waals surface area contributed by atoms with E-state index in [0.29, 0.717) is 35.7 Å². The fourth-order valence-electron chi connectivity index (χ4n) is 2.95. The number of nitrogens with zero attached hydrogens (tertiary/aromatic N) is 4. The van der Waals surface area contributed by atoms with E-state index in [1.165, 1.54) is 34.9 Å². The number of thioether (sulfide) groups is 1. The van der Waals surface area contributed by atoms with Crippen LogP contribution in [-0.2, 0) is 19.8 Å². The smallest absolute Gasteiger partial charge is 0.320 e. The Morgan fingerprint density at radius 1 is 1.39 bits per heavy atom. The van der Waals surface area contributed by atoms with Gasteiger partial charge in [-0.05, 0) is 63.7 Å². The third-order valence-electron chi connectivity index (χ3n) is 4.58. The summed E-state index contributed by atoms with van der Waals surface area (Å²) in [5.41, 5.74) is 0.0159. The first-order valence-electron chi connectivity index (χ1n) is 8.74. The topological polar surface area (TPSA) is 153 Å². The zero-order valence-corrected chi connectivity index (χ0v) is 18.8. The normalized spacial score (nSPS) is 17.3. The number of hydrogen-bond acceptors (Lipinski definition) is 10. The molecular weight excluding hydrogens is 519 g/mol. The maximum absolute atomic E-state index is 13.6. The molecule has 1 aliphatic heterocycles. The molecule has 0 amide bonds. The predicted molar refractivity (Wildman–Crippen MR) is 111 cm³/mol. The third kappa shape index (κ3) is 4.81. The largest absolute Gasteiger partial charge is 0.323 e. The molecule has 1 aliphatic carbocycles. The van der Waals surface area contributed by atoms with E-state index in [0.717, 1.165) is 0 Å². The van der Waals surface area contributed by atoms with Crippen LogP contribution < -0.4 is 14.8 Å². The standard InChI is InChI=1S/C16H14BrFN6O5S2/c17-10-7-9(1-2-11(10)18)24-12(8-25)28-21-14(24)13-15(22-29-20-13)30-6-5-16(3-4-16)23-31(19,26)27/h1-2,7,23H,3-6H2,(H2,19,26,27). The lowest BCUT2D eigenvalue weighted by Gasteiger charge is -2.17. The third-order valence-corrected chi connectivity index (χ3v) is 6.86. The summed E-state index contributed by atoms with van der Waals surface area (Å²) in [5, 5.41) is 17.0. The molecule has 11 nitrogen and oxygen atoms in total. The van der Waals surface area contributed by atoms with Gasteiger partial charge in [0.15, 0.2) is 16.7 Å². The highest BCUT2D eigenvalue weighted by Gasteiger charge is 2.44. The summed E-state index contributed by atoms with van der Waals surface area (Å²) >= 11 is 4.36. The molecule has 0 bridgehead atoms. The average molecular weight is 533 g/mol. The van der Waals surface area contributed by atoms with Gasteiger partial charge in [0.05, 0.1) is 10.2 Å². The zero-order chi connectivity index (χ0) is 22.2. The van der Waals surface area contributed by atoms with Crippen LogP contribution in [0.3, 0.4) is 0 Å². The molecule has 1 saturated carbocycles. The van der Waals surface area contributed by atoms with Crippen LogP contribution in [0, 0.1) is 5.82 Å². The maximum Gasteiger partial charge on any atom is 0.320 e. The van der Waals surface area contributed by atoms with E-state index in [9.17, 15) is 17.6 Å². The zero-order valence-electron chi connectivity index (χ0n) is 15.5. The van der Waals surface area contributed by atoms with E-state index in [-0.39, 0.29) is 21.9 Å². The van der Waals surface area contributed by atoms with E-state index in [2.05, 4.69) is 36.1 Å². The number of benzene rings is 1. The molecule has 4 rings (SSSR count). The Kier molecular flexibility index (Phi) is 5.89. The summed E-state index contributed by atoms with van der Waals surface area (Å²) in [5.74, 6) is 1.47. The van der Waals surface area contributed by atoms with Gasteiger partial charge in [0.2, 0.25) is 5.84 Å². The van der Waals surface area contributed by atoms with Crippen molar-refractivity contribution >= 4 is 55.4 Å². The van der Waals surface area contributed by atoms with Crippen LogP contribution in [0.5, 0.6) is 0 Å². The van der Waals surface area contributed by atoms with Gasteiger partial charge in [0.1, 0.15) is 5.82 Å². The lowest BCUT2D eigenvalue weighted by molar-refractivity contribution is 0.248. The van der Waals surface area contributed by atoms with Crippen LogP contribution in [0.2, 0.25) is 0 Å². The lowest BCUT2D eigenvalue weighted by atomic mass is 10.2. The number of nitrogens with one attached hydrogen (secondary N) is 1. The number of nitrogens with two attached hydrogens (primary N) is 1. The highest BCUT2D eigenvalue weighted by molar-refractivity contribution is 9.10. The highest BCUT2D eigenvalue weighted by atomic mass is 79.9. The number of oxime groups is 1. The molecule has 0 radical (unpaired) electrons. The Morgan fingerprint density at radius 3 is 2.81 bits per heavy atom. The minimum Gasteiger partial charge on any atom is -0.323 e. The summed E-state index contributed by atoms with van der Waals surface area (Å²) in [6.07, 6.45) is 1.89. The van der Waals surface area contributed by atoms with E-state index in [4.69, 9.17) is 14.6 Å². The maximum atomic E-state index is 13.6. The minimum atomic E-state index is -3.80. The van der Waals surface area contributed by atoms with Gasteiger partial charge >= 0.3 is 5.88 Å². The van der Waals surface area contributed by atoms with Crippen molar-refractivity contribution in [2.24, 2.45) is 10.3 Å². The predicted octanol–water partition coefficient (Wildman–Crippen LogP) is 1.65. The van der Waals surface area contributed by atoms with Crippen molar-refractivity contribution in [3.05, 3.63) is 40.1 Å². The molecule has 1 aromatic heterocycles. The van der Waals surface area contributed by atoms with Crippen LogP contribution in [-0.4, -0.2) is 41.8 Å². The second-order valence-corrected chi connectivity index (χ2v) is 10.0. The molecule has 0 spiro atoms. The van der Waals surface area contributed by atoms with Gasteiger partial charge in [-0.3, -0.25) is 0 Å². The van der Waals surface area contributed by atoms with Gasteiger partial charge in [-0.2, -0.15) is 13.1 Å². The summed E-state index contributed by atoms with van der Waals surface area (Å²) < 4.78 is 43.7. The summed E-state index contributed by atoms with van der Waals surface area (Å²) in [4.78, 5) is 17.7. The number of amidine groups is 1. The molecule has 2 heterocycles. The number of hydrogen-bond donors (Lipinski definition) is 2. The Labute approximate surface area is 188 Å². The van der Waals surface area contributed by atoms with Crippen molar-refractivity contribution in [2.75, 3.05) is 10.7 Å². The highest BCUT2D eigenvalue weighted by Crippen LogP contribution is 2.41. The fraction of sp³-hybridized carbons (Fsp3) is 0.312. The van der Waals surface area contributed by atoms with Crippen molar-refractivity contribution in [3.8, 4) is 0 Å². The first kappa shape index (κ1) is 21.9. The van der Waals surface area contributed by atoms with Gasteiger partial charge < -0.3 is 4.84 Å². The monoisotopic (exact) mass is 532 g/mol.